The molecule has 0 saturated carbocycles. The number of aryl methyl sites for hydroxylation is 3. The van der Waals surface area contributed by atoms with Gasteiger partial charge in [0.25, 0.3) is 5.91 Å². The van der Waals surface area contributed by atoms with E-state index in [1.54, 1.807) is 10.9 Å². The van der Waals surface area contributed by atoms with Crippen LogP contribution in [-0.4, -0.2) is 43.0 Å². The number of carbonyl (C=O) groups is 1. The van der Waals surface area contributed by atoms with Gasteiger partial charge in [0, 0.05) is 38.6 Å². The molecular formula is C18H27N5O. The summed E-state index contributed by atoms with van der Waals surface area (Å²) in [6.45, 7) is 3.83. The molecule has 0 radical (unpaired) electrons. The highest BCUT2D eigenvalue weighted by atomic mass is 16.2. The van der Waals surface area contributed by atoms with Gasteiger partial charge in [-0.25, -0.2) is 0 Å². The molecule has 1 amide bonds. The van der Waals surface area contributed by atoms with Gasteiger partial charge in [0.15, 0.2) is 0 Å². The van der Waals surface area contributed by atoms with E-state index in [2.05, 4.69) is 22.0 Å². The molecule has 3 heterocycles. The fourth-order valence-electron chi connectivity index (χ4n) is 3.53. The molecule has 6 heteroatoms. The average molecular weight is 329 g/mol. The molecule has 0 N–H and O–H groups in total. The van der Waals surface area contributed by atoms with Crippen molar-refractivity contribution in [3.05, 3.63) is 35.9 Å². The lowest BCUT2D eigenvalue weighted by Gasteiger charge is -2.35. The van der Waals surface area contributed by atoms with Crippen molar-refractivity contribution >= 4 is 5.91 Å². The average Bonchev–Trinajstić information content (AvgIpc) is 3.22. The predicted molar refractivity (Wildman–Crippen MR) is 92.7 cm³/mol. The SMILES string of the molecule is CCCc1cc(C(=O)N2CCCC[C@H]2CCn2cccn2)n(C)n1. The molecule has 0 aromatic carbocycles. The number of likely N-dealkylation sites (tertiary alicyclic amines) is 1. The van der Waals surface area contributed by atoms with Crippen LogP contribution >= 0.6 is 0 Å². The van der Waals surface area contributed by atoms with Crippen molar-refractivity contribution in [3.63, 3.8) is 0 Å². The Balaban J connectivity index is 1.70. The summed E-state index contributed by atoms with van der Waals surface area (Å²) >= 11 is 0. The monoisotopic (exact) mass is 329 g/mol. The Bertz CT molecular complexity index is 661. The fourth-order valence-corrected chi connectivity index (χ4v) is 3.53. The molecule has 1 aliphatic heterocycles. The second-order valence-electron chi connectivity index (χ2n) is 6.60. The van der Waals surface area contributed by atoms with E-state index >= 15 is 0 Å². The van der Waals surface area contributed by atoms with Gasteiger partial charge < -0.3 is 4.90 Å². The van der Waals surface area contributed by atoms with Gasteiger partial charge in [-0.05, 0) is 44.2 Å². The van der Waals surface area contributed by atoms with Crippen molar-refractivity contribution in [1.29, 1.82) is 0 Å². The molecule has 0 spiro atoms. The van der Waals surface area contributed by atoms with Crippen LogP contribution in [0.2, 0.25) is 0 Å². The Morgan fingerprint density at radius 2 is 2.25 bits per heavy atom. The quantitative estimate of drug-likeness (QED) is 0.819. The van der Waals surface area contributed by atoms with Crippen molar-refractivity contribution in [2.45, 2.75) is 58.0 Å². The van der Waals surface area contributed by atoms with E-state index in [0.29, 0.717) is 11.7 Å². The van der Waals surface area contributed by atoms with E-state index in [1.807, 2.05) is 30.1 Å². The van der Waals surface area contributed by atoms with Crippen LogP contribution in [0.3, 0.4) is 0 Å². The van der Waals surface area contributed by atoms with Gasteiger partial charge in [0.1, 0.15) is 5.69 Å². The third-order valence-corrected chi connectivity index (χ3v) is 4.79. The molecule has 1 aliphatic rings. The standard InChI is InChI=1S/C18H27N5O/c1-3-7-15-14-17(21(2)20-15)18(24)23-12-5-4-8-16(23)9-13-22-11-6-10-19-22/h6,10-11,14,16H,3-5,7-9,12-13H2,1-2H3/t16-/m0/s1. The first-order valence-electron chi connectivity index (χ1n) is 9.00. The number of amides is 1. The van der Waals surface area contributed by atoms with E-state index in [0.717, 1.165) is 50.9 Å². The molecule has 24 heavy (non-hydrogen) atoms. The maximum absolute atomic E-state index is 13.1. The summed E-state index contributed by atoms with van der Waals surface area (Å²) in [4.78, 5) is 15.1. The predicted octanol–water partition coefficient (Wildman–Crippen LogP) is 2.65. The fraction of sp³-hybridized carbons (Fsp3) is 0.611. The lowest BCUT2D eigenvalue weighted by molar-refractivity contribution is 0.0582. The summed E-state index contributed by atoms with van der Waals surface area (Å²) in [7, 11) is 1.87. The van der Waals surface area contributed by atoms with Crippen LogP contribution in [0.25, 0.3) is 0 Å². The molecule has 2 aromatic heterocycles. The highest BCUT2D eigenvalue weighted by Gasteiger charge is 2.29. The van der Waals surface area contributed by atoms with Crippen molar-refractivity contribution in [1.82, 2.24) is 24.5 Å². The first kappa shape index (κ1) is 16.7. The van der Waals surface area contributed by atoms with Crippen molar-refractivity contribution in [2.75, 3.05) is 6.54 Å². The van der Waals surface area contributed by atoms with E-state index in [9.17, 15) is 4.79 Å². The molecule has 6 nitrogen and oxygen atoms in total. The Labute approximate surface area is 143 Å². The third-order valence-electron chi connectivity index (χ3n) is 4.79. The second-order valence-corrected chi connectivity index (χ2v) is 6.60. The third kappa shape index (κ3) is 3.68. The molecule has 3 rings (SSSR count). The number of hydrogen-bond donors (Lipinski definition) is 0. The van der Waals surface area contributed by atoms with Crippen LogP contribution in [0, 0.1) is 0 Å². The van der Waals surface area contributed by atoms with Crippen molar-refractivity contribution < 1.29 is 4.79 Å². The minimum Gasteiger partial charge on any atom is -0.334 e. The summed E-state index contributed by atoms with van der Waals surface area (Å²) < 4.78 is 3.69. The normalized spacial score (nSPS) is 18.1. The van der Waals surface area contributed by atoms with E-state index in [4.69, 9.17) is 0 Å². The van der Waals surface area contributed by atoms with E-state index < -0.39 is 0 Å². The number of rotatable bonds is 6. The van der Waals surface area contributed by atoms with Gasteiger partial charge in [-0.3, -0.25) is 14.2 Å². The topological polar surface area (TPSA) is 56.0 Å². The van der Waals surface area contributed by atoms with Crippen molar-refractivity contribution in [2.24, 2.45) is 7.05 Å². The summed E-state index contributed by atoms with van der Waals surface area (Å²) in [5.41, 5.74) is 1.72. The van der Waals surface area contributed by atoms with Gasteiger partial charge in [0.2, 0.25) is 0 Å². The molecule has 0 bridgehead atoms. The van der Waals surface area contributed by atoms with Gasteiger partial charge in [-0.2, -0.15) is 10.2 Å². The Kier molecular flexibility index (Phi) is 5.33. The molecule has 1 saturated heterocycles. The van der Waals surface area contributed by atoms with Gasteiger partial charge >= 0.3 is 0 Å². The maximum Gasteiger partial charge on any atom is 0.272 e. The zero-order valence-electron chi connectivity index (χ0n) is 14.7. The Hall–Kier alpha value is -2.11. The zero-order chi connectivity index (χ0) is 16.9. The van der Waals surface area contributed by atoms with Crippen LogP contribution in [0.15, 0.2) is 24.5 Å². The molecule has 1 fully saturated rings. The maximum atomic E-state index is 13.1. The Morgan fingerprint density at radius 1 is 1.38 bits per heavy atom. The van der Waals surface area contributed by atoms with Crippen LogP contribution in [0.5, 0.6) is 0 Å². The van der Waals surface area contributed by atoms with Gasteiger partial charge in [0.05, 0.1) is 5.69 Å². The van der Waals surface area contributed by atoms with Crippen LogP contribution in [-0.2, 0) is 20.0 Å². The molecule has 1 atom stereocenters. The lowest BCUT2D eigenvalue weighted by Crippen LogP contribution is -2.44. The van der Waals surface area contributed by atoms with Crippen molar-refractivity contribution in [3.8, 4) is 0 Å². The van der Waals surface area contributed by atoms with E-state index in [-0.39, 0.29) is 5.91 Å². The minimum atomic E-state index is 0.123. The van der Waals surface area contributed by atoms with E-state index in [1.165, 1.54) is 6.42 Å². The summed E-state index contributed by atoms with van der Waals surface area (Å²) in [6, 6.07) is 4.19. The highest BCUT2D eigenvalue weighted by molar-refractivity contribution is 5.93. The number of hydrogen-bond acceptors (Lipinski definition) is 3. The largest absolute Gasteiger partial charge is 0.334 e. The lowest BCUT2D eigenvalue weighted by atomic mass is 9.98. The van der Waals surface area contributed by atoms with Gasteiger partial charge in [-0.15, -0.1) is 0 Å². The number of piperidine rings is 1. The van der Waals surface area contributed by atoms with Crippen LogP contribution in [0.1, 0.15) is 55.2 Å². The van der Waals surface area contributed by atoms with Gasteiger partial charge in [-0.1, -0.05) is 13.3 Å². The summed E-state index contributed by atoms with van der Waals surface area (Å²) in [5, 5.41) is 8.75. The molecule has 2 aromatic rings. The molecule has 0 aliphatic carbocycles. The molecular weight excluding hydrogens is 302 g/mol. The number of carbonyl (C=O) groups excluding carboxylic acids is 1. The summed E-state index contributed by atoms with van der Waals surface area (Å²) in [6.07, 6.45) is 10.1. The number of nitrogens with zero attached hydrogens (tertiary/aromatic N) is 5. The first-order chi connectivity index (χ1) is 11.7. The molecule has 0 unspecified atom stereocenters. The smallest absolute Gasteiger partial charge is 0.272 e. The second kappa shape index (κ2) is 7.64. The number of aromatic nitrogens is 4. The highest BCUT2D eigenvalue weighted by Crippen LogP contribution is 2.23. The minimum absolute atomic E-state index is 0.123. The summed E-state index contributed by atoms with van der Waals surface area (Å²) in [5.74, 6) is 0.123. The zero-order valence-corrected chi connectivity index (χ0v) is 14.7. The Morgan fingerprint density at radius 3 is 3.00 bits per heavy atom. The van der Waals surface area contributed by atoms with Crippen LogP contribution in [0.4, 0.5) is 0 Å². The molecule has 130 valence electrons. The first-order valence-corrected chi connectivity index (χ1v) is 9.00. The van der Waals surface area contributed by atoms with Crippen LogP contribution < -0.4 is 0 Å².